The molecular formula is C6H11NO2. The number of amides is 1. The van der Waals surface area contributed by atoms with Crippen molar-refractivity contribution in [1.82, 2.24) is 5.32 Å². The van der Waals surface area contributed by atoms with Crippen molar-refractivity contribution in [3.63, 3.8) is 0 Å². The maximum absolute atomic E-state index is 10.5. The lowest BCUT2D eigenvalue weighted by molar-refractivity contribution is -0.120. The molecule has 0 spiro atoms. The molecule has 3 nitrogen and oxygen atoms in total. The molecule has 0 aliphatic rings. The SMILES string of the molecule is CCC(=O)NCCC=O. The molecule has 0 aromatic heterocycles. The smallest absolute Gasteiger partial charge is 0.219 e. The Morgan fingerprint density at radius 3 is 2.78 bits per heavy atom. The van der Waals surface area contributed by atoms with Crippen molar-refractivity contribution >= 4 is 12.2 Å². The zero-order valence-corrected chi connectivity index (χ0v) is 5.52. The van der Waals surface area contributed by atoms with Gasteiger partial charge in [0.2, 0.25) is 5.91 Å². The lowest BCUT2D eigenvalue weighted by Gasteiger charge is -1.96. The molecular weight excluding hydrogens is 118 g/mol. The molecule has 0 aromatic carbocycles. The standard InChI is InChI=1S/C6H11NO2/c1-2-6(9)7-4-3-5-8/h5H,2-4H2,1H3,(H,7,9). The fraction of sp³-hybridized carbons (Fsp3) is 0.667. The van der Waals surface area contributed by atoms with E-state index in [-0.39, 0.29) is 5.91 Å². The Kier molecular flexibility index (Phi) is 4.78. The largest absolute Gasteiger partial charge is 0.356 e. The molecule has 1 N–H and O–H groups in total. The fourth-order valence-electron chi connectivity index (χ4n) is 0.396. The van der Waals surface area contributed by atoms with Gasteiger partial charge in [0.25, 0.3) is 0 Å². The number of carbonyl (C=O) groups is 2. The first-order valence-electron chi connectivity index (χ1n) is 3.01. The first-order chi connectivity index (χ1) is 4.31. The summed E-state index contributed by atoms with van der Waals surface area (Å²) in [7, 11) is 0. The Bertz CT molecular complexity index is 101. The van der Waals surface area contributed by atoms with E-state index in [1.54, 1.807) is 6.92 Å². The molecule has 0 bridgehead atoms. The highest BCUT2D eigenvalue weighted by Crippen LogP contribution is 1.74. The van der Waals surface area contributed by atoms with Crippen LogP contribution in [0.1, 0.15) is 19.8 Å². The van der Waals surface area contributed by atoms with E-state index in [4.69, 9.17) is 0 Å². The molecule has 52 valence electrons. The van der Waals surface area contributed by atoms with Gasteiger partial charge in [0.15, 0.2) is 0 Å². The van der Waals surface area contributed by atoms with Crippen LogP contribution in [0, 0.1) is 0 Å². The molecule has 0 atom stereocenters. The van der Waals surface area contributed by atoms with E-state index in [1.807, 2.05) is 0 Å². The fourth-order valence-corrected chi connectivity index (χ4v) is 0.396. The van der Waals surface area contributed by atoms with Gasteiger partial charge in [-0.2, -0.15) is 0 Å². The maximum atomic E-state index is 10.5. The molecule has 0 fully saturated rings. The summed E-state index contributed by atoms with van der Waals surface area (Å²) in [5.41, 5.74) is 0. The van der Waals surface area contributed by atoms with Gasteiger partial charge >= 0.3 is 0 Å². The summed E-state index contributed by atoms with van der Waals surface area (Å²) in [6.45, 7) is 2.24. The van der Waals surface area contributed by atoms with Crippen molar-refractivity contribution in [1.29, 1.82) is 0 Å². The van der Waals surface area contributed by atoms with Crippen LogP contribution in [-0.4, -0.2) is 18.7 Å². The predicted octanol–water partition coefficient (Wildman–Crippen LogP) is 0.102. The third kappa shape index (κ3) is 5.00. The van der Waals surface area contributed by atoms with Crippen LogP contribution in [0.2, 0.25) is 0 Å². The second kappa shape index (κ2) is 5.28. The summed E-state index contributed by atoms with van der Waals surface area (Å²) in [6, 6.07) is 0. The topological polar surface area (TPSA) is 46.2 Å². The zero-order chi connectivity index (χ0) is 7.11. The summed E-state index contributed by atoms with van der Waals surface area (Å²) in [5.74, 6) is -0.00292. The third-order valence-corrected chi connectivity index (χ3v) is 0.905. The highest BCUT2D eigenvalue weighted by molar-refractivity contribution is 5.75. The van der Waals surface area contributed by atoms with Gasteiger partial charge in [0, 0.05) is 19.4 Å². The van der Waals surface area contributed by atoms with Crippen LogP contribution in [-0.2, 0) is 9.59 Å². The van der Waals surface area contributed by atoms with Gasteiger partial charge in [-0.05, 0) is 0 Å². The summed E-state index contributed by atoms with van der Waals surface area (Å²) in [6.07, 6.45) is 1.68. The van der Waals surface area contributed by atoms with Crippen molar-refractivity contribution in [2.75, 3.05) is 6.54 Å². The number of nitrogens with one attached hydrogen (secondary N) is 1. The number of hydrogen-bond acceptors (Lipinski definition) is 2. The maximum Gasteiger partial charge on any atom is 0.219 e. The summed E-state index contributed by atoms with van der Waals surface area (Å²) in [4.78, 5) is 20.2. The van der Waals surface area contributed by atoms with Crippen LogP contribution in [0.3, 0.4) is 0 Å². The Morgan fingerprint density at radius 2 is 2.33 bits per heavy atom. The quantitative estimate of drug-likeness (QED) is 0.432. The molecule has 0 unspecified atom stereocenters. The Labute approximate surface area is 54.4 Å². The van der Waals surface area contributed by atoms with Crippen LogP contribution in [0.15, 0.2) is 0 Å². The molecule has 0 saturated heterocycles. The highest BCUT2D eigenvalue weighted by Gasteiger charge is 1.92. The summed E-state index contributed by atoms with van der Waals surface area (Å²) >= 11 is 0. The number of carbonyl (C=O) groups excluding carboxylic acids is 2. The van der Waals surface area contributed by atoms with Crippen LogP contribution >= 0.6 is 0 Å². The first kappa shape index (κ1) is 8.14. The normalized spacial score (nSPS) is 8.56. The van der Waals surface area contributed by atoms with Gasteiger partial charge < -0.3 is 10.1 Å². The molecule has 0 aliphatic heterocycles. The molecule has 0 aromatic rings. The minimum Gasteiger partial charge on any atom is -0.356 e. The molecule has 0 heterocycles. The van der Waals surface area contributed by atoms with E-state index in [1.165, 1.54) is 0 Å². The van der Waals surface area contributed by atoms with Gasteiger partial charge in [0.05, 0.1) is 0 Å². The van der Waals surface area contributed by atoms with Crippen molar-refractivity contribution in [2.45, 2.75) is 19.8 Å². The van der Waals surface area contributed by atoms with Crippen molar-refractivity contribution in [3.8, 4) is 0 Å². The third-order valence-electron chi connectivity index (χ3n) is 0.905. The molecule has 0 saturated carbocycles. The van der Waals surface area contributed by atoms with E-state index in [0.717, 1.165) is 6.29 Å². The number of aldehydes is 1. The van der Waals surface area contributed by atoms with Crippen molar-refractivity contribution < 1.29 is 9.59 Å². The Balaban J connectivity index is 3.06. The average Bonchev–Trinajstić information content (AvgIpc) is 1.89. The van der Waals surface area contributed by atoms with Gasteiger partial charge in [-0.1, -0.05) is 6.92 Å². The Hall–Kier alpha value is -0.860. The summed E-state index contributed by atoms with van der Waals surface area (Å²) < 4.78 is 0. The van der Waals surface area contributed by atoms with Gasteiger partial charge in [-0.25, -0.2) is 0 Å². The van der Waals surface area contributed by atoms with Crippen LogP contribution in [0.25, 0.3) is 0 Å². The minimum absolute atomic E-state index is 0.00292. The molecule has 0 radical (unpaired) electrons. The second-order valence-corrected chi connectivity index (χ2v) is 1.66. The molecule has 1 amide bonds. The summed E-state index contributed by atoms with van der Waals surface area (Å²) in [5, 5.41) is 2.56. The lowest BCUT2D eigenvalue weighted by Crippen LogP contribution is -2.23. The average molecular weight is 129 g/mol. The van der Waals surface area contributed by atoms with Crippen molar-refractivity contribution in [3.05, 3.63) is 0 Å². The Morgan fingerprint density at radius 1 is 1.67 bits per heavy atom. The molecule has 3 heteroatoms. The van der Waals surface area contributed by atoms with Crippen LogP contribution in [0.4, 0.5) is 0 Å². The van der Waals surface area contributed by atoms with Gasteiger partial charge in [0.1, 0.15) is 6.29 Å². The van der Waals surface area contributed by atoms with Gasteiger partial charge in [-0.15, -0.1) is 0 Å². The molecule has 9 heavy (non-hydrogen) atoms. The molecule has 0 aliphatic carbocycles. The van der Waals surface area contributed by atoms with E-state index < -0.39 is 0 Å². The molecule has 0 rings (SSSR count). The van der Waals surface area contributed by atoms with Gasteiger partial charge in [-0.3, -0.25) is 4.79 Å². The van der Waals surface area contributed by atoms with Crippen LogP contribution < -0.4 is 5.32 Å². The number of rotatable bonds is 4. The van der Waals surface area contributed by atoms with E-state index in [2.05, 4.69) is 5.32 Å². The monoisotopic (exact) mass is 129 g/mol. The predicted molar refractivity (Wildman–Crippen MR) is 34.0 cm³/mol. The minimum atomic E-state index is -0.00292. The van der Waals surface area contributed by atoms with E-state index in [0.29, 0.717) is 19.4 Å². The van der Waals surface area contributed by atoms with Crippen molar-refractivity contribution in [2.24, 2.45) is 0 Å². The second-order valence-electron chi connectivity index (χ2n) is 1.66. The highest BCUT2D eigenvalue weighted by atomic mass is 16.1. The number of hydrogen-bond donors (Lipinski definition) is 1. The van der Waals surface area contributed by atoms with E-state index >= 15 is 0 Å². The van der Waals surface area contributed by atoms with Crippen LogP contribution in [0.5, 0.6) is 0 Å². The van der Waals surface area contributed by atoms with E-state index in [9.17, 15) is 9.59 Å². The lowest BCUT2D eigenvalue weighted by atomic mass is 10.4. The first-order valence-corrected chi connectivity index (χ1v) is 3.01. The zero-order valence-electron chi connectivity index (χ0n) is 5.52.